The molecule has 1 unspecified atom stereocenters. The smallest absolute Gasteiger partial charge is 0.287 e. The van der Waals surface area contributed by atoms with E-state index in [1.54, 1.807) is 12.1 Å². The molecule has 1 aromatic carbocycles. The van der Waals surface area contributed by atoms with E-state index in [1.807, 2.05) is 13.0 Å². The molecular weight excluding hydrogens is 523 g/mol. The van der Waals surface area contributed by atoms with Gasteiger partial charge in [0, 0.05) is 31.8 Å². The molecule has 0 bridgehead atoms. The Balaban J connectivity index is 0.00000363. The number of ether oxygens (including phenoxy) is 2. The molecule has 32 heavy (non-hydrogen) atoms. The minimum atomic E-state index is -0.235. The van der Waals surface area contributed by atoms with Crippen molar-refractivity contribution in [1.82, 2.24) is 16.0 Å². The van der Waals surface area contributed by atoms with E-state index < -0.39 is 0 Å². The van der Waals surface area contributed by atoms with Gasteiger partial charge in [0.1, 0.15) is 12.4 Å². The summed E-state index contributed by atoms with van der Waals surface area (Å²) in [4.78, 5) is 16.6. The van der Waals surface area contributed by atoms with Gasteiger partial charge in [-0.25, -0.2) is 4.99 Å². The number of furan rings is 1. The number of halogens is 1. The van der Waals surface area contributed by atoms with Crippen LogP contribution in [-0.4, -0.2) is 50.8 Å². The first-order chi connectivity index (χ1) is 15.2. The van der Waals surface area contributed by atoms with Crippen LogP contribution in [0.4, 0.5) is 0 Å². The van der Waals surface area contributed by atoms with Gasteiger partial charge in [-0.15, -0.1) is 24.0 Å². The van der Waals surface area contributed by atoms with Gasteiger partial charge >= 0.3 is 0 Å². The number of guanidine groups is 1. The van der Waals surface area contributed by atoms with Gasteiger partial charge in [0.2, 0.25) is 0 Å². The average Bonchev–Trinajstić information content (AvgIpc) is 3.48. The standard InChI is InChI=1S/C23H32N4O4.HI/c1-3-24-23(26-11-10-25-22(28)20-7-5-13-30-20)27-15-18-9-8-17(2)14-21(18)31-16-19-6-4-12-29-19;/h5,7-9,13-14,19H,3-4,6,10-12,15-16H2,1-2H3,(H,25,28)(H2,24,26,27);1H. The lowest BCUT2D eigenvalue weighted by Crippen LogP contribution is -2.41. The quantitative estimate of drug-likeness (QED) is 0.180. The van der Waals surface area contributed by atoms with Crippen LogP contribution in [0.25, 0.3) is 0 Å². The van der Waals surface area contributed by atoms with E-state index in [9.17, 15) is 4.79 Å². The molecule has 0 radical (unpaired) electrons. The molecule has 2 heterocycles. The maximum Gasteiger partial charge on any atom is 0.287 e. The molecule has 3 N–H and O–H groups in total. The number of hydrogen-bond acceptors (Lipinski definition) is 5. The fourth-order valence-electron chi connectivity index (χ4n) is 3.24. The van der Waals surface area contributed by atoms with Crippen molar-refractivity contribution >= 4 is 35.8 Å². The van der Waals surface area contributed by atoms with Gasteiger partial charge in [0.15, 0.2) is 11.7 Å². The number of nitrogens with zero attached hydrogens (tertiary/aromatic N) is 1. The molecule has 1 aromatic heterocycles. The van der Waals surface area contributed by atoms with Crippen molar-refractivity contribution in [2.45, 2.75) is 39.3 Å². The molecule has 1 aliphatic rings. The first-order valence-corrected chi connectivity index (χ1v) is 10.8. The molecule has 1 aliphatic heterocycles. The molecule has 1 atom stereocenters. The number of carbonyl (C=O) groups is 1. The predicted octanol–water partition coefficient (Wildman–Crippen LogP) is 3.25. The molecule has 1 saturated heterocycles. The van der Waals surface area contributed by atoms with Gasteiger partial charge in [-0.2, -0.15) is 0 Å². The SMILES string of the molecule is CCNC(=NCc1ccc(C)cc1OCC1CCCO1)NCCNC(=O)c1ccco1.I. The minimum Gasteiger partial charge on any atom is -0.491 e. The number of aryl methyl sites for hydroxylation is 1. The van der Waals surface area contributed by atoms with E-state index in [1.165, 1.54) is 6.26 Å². The molecule has 176 valence electrons. The second-order valence-electron chi connectivity index (χ2n) is 7.41. The average molecular weight is 556 g/mol. The van der Waals surface area contributed by atoms with Crippen molar-refractivity contribution in [1.29, 1.82) is 0 Å². The maximum atomic E-state index is 11.9. The molecule has 0 saturated carbocycles. The van der Waals surface area contributed by atoms with Crippen molar-refractivity contribution in [3.05, 3.63) is 53.5 Å². The number of benzene rings is 1. The first-order valence-electron chi connectivity index (χ1n) is 10.8. The summed E-state index contributed by atoms with van der Waals surface area (Å²) >= 11 is 0. The van der Waals surface area contributed by atoms with E-state index in [-0.39, 0.29) is 36.0 Å². The Bertz CT molecular complexity index is 852. The summed E-state index contributed by atoms with van der Waals surface area (Å²) in [7, 11) is 0. The van der Waals surface area contributed by atoms with E-state index in [0.717, 1.165) is 42.9 Å². The van der Waals surface area contributed by atoms with Crippen molar-refractivity contribution in [3.8, 4) is 5.75 Å². The summed E-state index contributed by atoms with van der Waals surface area (Å²) in [6.07, 6.45) is 3.79. The summed E-state index contributed by atoms with van der Waals surface area (Å²) in [5.74, 6) is 1.60. The van der Waals surface area contributed by atoms with Gasteiger partial charge in [-0.1, -0.05) is 12.1 Å². The number of rotatable bonds is 10. The molecular formula is C23H33IN4O4. The van der Waals surface area contributed by atoms with Crippen LogP contribution in [0.3, 0.4) is 0 Å². The summed E-state index contributed by atoms with van der Waals surface area (Å²) in [6.45, 7) is 7.65. The van der Waals surface area contributed by atoms with Gasteiger partial charge in [0.05, 0.1) is 18.9 Å². The molecule has 8 nitrogen and oxygen atoms in total. The molecule has 0 aliphatic carbocycles. The third kappa shape index (κ3) is 8.34. The zero-order valence-electron chi connectivity index (χ0n) is 18.7. The molecule has 1 fully saturated rings. The maximum absolute atomic E-state index is 11.9. The van der Waals surface area contributed by atoms with E-state index in [2.05, 4.69) is 40.0 Å². The van der Waals surface area contributed by atoms with Crippen LogP contribution in [0, 0.1) is 6.92 Å². The van der Waals surface area contributed by atoms with Crippen LogP contribution in [0.5, 0.6) is 5.75 Å². The fraction of sp³-hybridized carbons (Fsp3) is 0.478. The Morgan fingerprint density at radius 1 is 1.22 bits per heavy atom. The second-order valence-corrected chi connectivity index (χ2v) is 7.41. The van der Waals surface area contributed by atoms with Gasteiger partial charge in [0.25, 0.3) is 5.91 Å². The number of amides is 1. The third-order valence-electron chi connectivity index (χ3n) is 4.87. The number of carbonyl (C=O) groups excluding carboxylic acids is 1. The van der Waals surface area contributed by atoms with Crippen LogP contribution >= 0.6 is 24.0 Å². The minimum absolute atomic E-state index is 0. The van der Waals surface area contributed by atoms with E-state index in [0.29, 0.717) is 38.0 Å². The second kappa shape index (κ2) is 14.0. The summed E-state index contributed by atoms with van der Waals surface area (Å²) in [5, 5.41) is 9.26. The number of hydrogen-bond donors (Lipinski definition) is 3. The highest BCUT2D eigenvalue weighted by Gasteiger charge is 2.17. The van der Waals surface area contributed by atoms with Crippen LogP contribution in [0.15, 0.2) is 46.0 Å². The zero-order chi connectivity index (χ0) is 21.9. The first kappa shape index (κ1) is 26.0. The Kier molecular flexibility index (Phi) is 11.4. The van der Waals surface area contributed by atoms with Gasteiger partial charge in [-0.05, 0) is 50.5 Å². The highest BCUT2D eigenvalue weighted by molar-refractivity contribution is 14.0. The van der Waals surface area contributed by atoms with Crippen LogP contribution in [-0.2, 0) is 11.3 Å². The lowest BCUT2D eigenvalue weighted by molar-refractivity contribution is 0.0676. The van der Waals surface area contributed by atoms with Crippen LogP contribution in [0.2, 0.25) is 0 Å². The normalized spacial score (nSPS) is 15.7. The van der Waals surface area contributed by atoms with Crippen molar-refractivity contribution < 1.29 is 18.7 Å². The van der Waals surface area contributed by atoms with Crippen LogP contribution in [0.1, 0.15) is 41.4 Å². The van der Waals surface area contributed by atoms with Crippen LogP contribution < -0.4 is 20.7 Å². The molecule has 2 aromatic rings. The predicted molar refractivity (Wildman–Crippen MR) is 135 cm³/mol. The van der Waals surface area contributed by atoms with Gasteiger partial charge < -0.3 is 29.8 Å². The largest absolute Gasteiger partial charge is 0.491 e. The summed E-state index contributed by atoms with van der Waals surface area (Å²) in [5.41, 5.74) is 2.17. The molecule has 9 heteroatoms. The fourth-order valence-corrected chi connectivity index (χ4v) is 3.24. The summed E-state index contributed by atoms with van der Waals surface area (Å²) < 4.78 is 16.8. The highest BCUT2D eigenvalue weighted by Crippen LogP contribution is 2.23. The number of nitrogens with one attached hydrogen (secondary N) is 3. The molecule has 1 amide bonds. The van der Waals surface area contributed by atoms with E-state index in [4.69, 9.17) is 13.9 Å². The Morgan fingerprint density at radius 3 is 2.78 bits per heavy atom. The van der Waals surface area contributed by atoms with Crippen molar-refractivity contribution in [3.63, 3.8) is 0 Å². The summed E-state index contributed by atoms with van der Waals surface area (Å²) in [6, 6.07) is 9.48. The Hall–Kier alpha value is -2.27. The van der Waals surface area contributed by atoms with Crippen molar-refractivity contribution in [2.24, 2.45) is 4.99 Å². The number of aliphatic imine (C=N–C) groups is 1. The highest BCUT2D eigenvalue weighted by atomic mass is 127. The Labute approximate surface area is 206 Å². The topological polar surface area (TPSA) is 97.1 Å². The lowest BCUT2D eigenvalue weighted by atomic mass is 10.1. The van der Waals surface area contributed by atoms with Crippen molar-refractivity contribution in [2.75, 3.05) is 32.8 Å². The molecule has 3 rings (SSSR count). The Morgan fingerprint density at radius 2 is 2.06 bits per heavy atom. The lowest BCUT2D eigenvalue weighted by Gasteiger charge is -2.15. The zero-order valence-corrected chi connectivity index (χ0v) is 21.0. The third-order valence-corrected chi connectivity index (χ3v) is 4.87. The van der Waals surface area contributed by atoms with E-state index >= 15 is 0 Å². The monoisotopic (exact) mass is 556 g/mol. The molecule has 0 spiro atoms. The van der Waals surface area contributed by atoms with Gasteiger partial charge in [-0.3, -0.25) is 4.79 Å².